The molecule has 0 aliphatic carbocycles. The predicted molar refractivity (Wildman–Crippen MR) is 499 cm³/mol. The van der Waals surface area contributed by atoms with Gasteiger partial charge in [0.2, 0.25) is 12.9 Å². The molecule has 0 spiro atoms. The fourth-order valence-electron chi connectivity index (χ4n) is 14.4. The summed E-state index contributed by atoms with van der Waals surface area (Å²) >= 11 is 13.5. The Hall–Kier alpha value is -9.13. The molecule has 5 amide bonds. The summed E-state index contributed by atoms with van der Waals surface area (Å²) in [6, 6.07) is 39.9. The molecule has 8 heterocycles. The molecular weight excluding hydrogens is 1940 g/mol. The molecule has 0 atom stereocenters. The van der Waals surface area contributed by atoms with Crippen molar-refractivity contribution >= 4 is 137 Å². The lowest BCUT2D eigenvalue weighted by Crippen LogP contribution is -2.62. The molecule has 0 bridgehead atoms. The highest BCUT2D eigenvalue weighted by Gasteiger charge is 2.52. The third-order valence-corrected chi connectivity index (χ3v) is 22.4. The van der Waals surface area contributed by atoms with Crippen LogP contribution in [0.2, 0.25) is 0 Å². The van der Waals surface area contributed by atoms with Gasteiger partial charge in [0, 0.05) is 148 Å². The second-order valence-corrected chi connectivity index (χ2v) is 40.9. The molecule has 5 aromatic carbocycles. The number of benzene rings is 5. The number of aliphatic imine (C=N–C) groups is 1. The van der Waals surface area contributed by atoms with Gasteiger partial charge < -0.3 is 72.9 Å². The van der Waals surface area contributed by atoms with E-state index >= 15 is 0 Å². The third kappa shape index (κ3) is 33.3. The van der Waals surface area contributed by atoms with Crippen LogP contribution in [0, 0.1) is 0 Å². The van der Waals surface area contributed by atoms with Gasteiger partial charge in [-0.25, -0.2) is 46.3 Å². The monoisotopic (exact) mass is 2050 g/mol. The van der Waals surface area contributed by atoms with Crippen molar-refractivity contribution in [3.63, 3.8) is 0 Å². The van der Waals surface area contributed by atoms with Gasteiger partial charge in [-0.3, -0.25) is 24.5 Å². The maximum Gasteiger partial charge on any atom is 0.488 e. The molecule has 129 heavy (non-hydrogen) atoms. The van der Waals surface area contributed by atoms with E-state index in [1.54, 1.807) is 89.6 Å². The van der Waals surface area contributed by atoms with Crippen LogP contribution in [0.1, 0.15) is 177 Å². The van der Waals surface area contributed by atoms with Gasteiger partial charge in [0.25, 0.3) is 0 Å². The number of amides is 5. The van der Waals surface area contributed by atoms with E-state index in [1.165, 1.54) is 20.8 Å². The second kappa shape index (κ2) is 46.3. The normalized spacial score (nSPS) is 16.3. The summed E-state index contributed by atoms with van der Waals surface area (Å²) in [5, 5.41) is 20.5. The van der Waals surface area contributed by atoms with Crippen LogP contribution < -0.4 is 10.8 Å². The minimum Gasteiger partial charge on any atom is -0.466 e. The summed E-state index contributed by atoms with van der Waals surface area (Å²) in [6.45, 7) is 37.0. The number of aromatic nitrogens is 1. The molecule has 13 rings (SSSR count). The van der Waals surface area contributed by atoms with E-state index in [0.717, 1.165) is 74.4 Å². The molecule has 1 aromatic heterocycles. The quantitative estimate of drug-likeness (QED) is 0.0191. The Balaban J connectivity index is 0.000000209. The molecule has 0 unspecified atom stereocenters. The molecule has 35 heteroatoms. The largest absolute Gasteiger partial charge is 0.488 e. The highest BCUT2D eigenvalue weighted by Crippen LogP contribution is 2.44. The average Bonchev–Trinajstić information content (AvgIpc) is 0.880. The number of hydrogen-bond acceptors (Lipinski definition) is 21. The standard InChI is InChI=1S/C18H24BrNO4.C18H17F2N3.C16H20BrF2NO2.C16H20BrNO3.C12H19NO4.C8H13NO3.C6H6BBrO2/c1-5-23-15(21)10-18(13-7-6-8-14(19)9-13)11-20(12-18)16(22)24-17(2,3)4;19-17(20)7-18(10-22-11-18)13-3-1-2-12(6-13)14-4-5-23-16-9-21-8-15(14)16;1-15(2,3)22-14(21)20-9-16(10-20,8-13(18)19)11-5-4-6-12(17)7-11;1-15(2,3)21-14(20)18-10-16(11-18,7-8-19)12-5-4-6-13(17)9-12;1-5-16-10(14)6-9-7-13(8-9)11(15)17-12(2,3)4;1-8(2,3)12-7(11)9-4-6(10)5-9;8-6-3-1-2-5(4-6)7(9)10/h6-9H,5,10-12H2,1-4H3;1-6,8,17,22H,7,9-11H2;4-7,13H,8-10H2,1-3H3;4-6,8-9H,7,10-11H2,1-3H3;6H,5,7-8H2,1-4H3;4-5H2,1-3H3;1-4,9-10H. The first kappa shape index (κ1) is 107. The Morgan fingerprint density at radius 3 is 1.26 bits per heavy atom. The first-order valence-electron chi connectivity index (χ1n) is 42.2. The molecular formula is C94H119BBr4F4N8O18. The Bertz CT molecular complexity index is 4920. The van der Waals surface area contributed by atoms with Crippen molar-refractivity contribution in [3.8, 4) is 11.1 Å². The maximum atomic E-state index is 13.0. The lowest BCUT2D eigenvalue weighted by molar-refractivity contribution is -0.146. The zero-order chi connectivity index (χ0) is 96.0. The van der Waals surface area contributed by atoms with Crippen molar-refractivity contribution in [2.24, 2.45) is 4.99 Å². The molecule has 0 saturated carbocycles. The van der Waals surface area contributed by atoms with Crippen molar-refractivity contribution in [3.05, 3.63) is 197 Å². The second-order valence-electron chi connectivity index (χ2n) is 37.3. The van der Waals surface area contributed by atoms with Crippen molar-refractivity contribution in [1.82, 2.24) is 34.8 Å². The number of nitrogens with zero attached hydrogens (tertiary/aromatic N) is 7. The van der Waals surface area contributed by atoms with E-state index in [-0.39, 0.29) is 86.9 Å². The van der Waals surface area contributed by atoms with Crippen LogP contribution in [0.25, 0.3) is 11.1 Å². The van der Waals surface area contributed by atoms with Crippen molar-refractivity contribution in [2.75, 3.05) is 91.8 Å². The van der Waals surface area contributed by atoms with Gasteiger partial charge in [-0.1, -0.05) is 137 Å². The SMILES string of the molecule is CC(C)(C)OC(=O)N1CC(=O)C1.CC(C)(C)OC(=O)N1CC(CC(F)F)(c2cccc(Br)c2)C1.CC(C)(C)OC(=O)N1CC(CC=O)(c2cccc(Br)c2)C1.CCOC(=O)C=C1CN(C(=O)OC(C)(C)C)C1.CCOC(=O)CC1(c2cccc(Br)c2)CN(C(=O)OC(C)(C)C)C1.FC(F)CC1(c2cccc(-c3ccnc4c3C=NC4)c2)CNC1.OB(O)c1cccc(Br)c1. The number of Topliss-reactive ketones (excluding diaryl/α,β-unsaturated/α-hetero) is 1. The van der Waals surface area contributed by atoms with Gasteiger partial charge in [0.1, 0.15) is 34.3 Å². The molecule has 6 aromatic rings. The average molecular weight is 2060 g/mol. The summed E-state index contributed by atoms with van der Waals surface area (Å²) < 4.78 is 91.7. The predicted octanol–water partition coefficient (Wildman–Crippen LogP) is 17.8. The Morgan fingerprint density at radius 2 is 0.876 bits per heavy atom. The first-order chi connectivity index (χ1) is 60.1. The Labute approximate surface area is 787 Å². The van der Waals surface area contributed by atoms with Gasteiger partial charge in [0.15, 0.2) is 5.78 Å². The van der Waals surface area contributed by atoms with Crippen LogP contribution in [0.3, 0.4) is 0 Å². The first-order valence-corrected chi connectivity index (χ1v) is 45.4. The van der Waals surface area contributed by atoms with Gasteiger partial charge in [0.05, 0.1) is 45.0 Å². The molecule has 6 saturated heterocycles. The molecule has 0 radical (unpaired) electrons. The molecule has 26 nitrogen and oxygen atoms in total. The number of hydrogen-bond donors (Lipinski definition) is 3. The summed E-state index contributed by atoms with van der Waals surface area (Å²) in [5.74, 6) is -0.520. The topological polar surface area (TPSA) is 312 Å². The van der Waals surface area contributed by atoms with Gasteiger partial charge in [-0.2, -0.15) is 0 Å². The lowest BCUT2D eigenvalue weighted by Gasteiger charge is -2.50. The van der Waals surface area contributed by atoms with Gasteiger partial charge >= 0.3 is 49.5 Å². The number of likely N-dealkylation sites (tertiary alicyclic amines) is 5. The van der Waals surface area contributed by atoms with Crippen molar-refractivity contribution < 1.29 is 104 Å². The van der Waals surface area contributed by atoms with E-state index in [9.17, 15) is 60.7 Å². The summed E-state index contributed by atoms with van der Waals surface area (Å²) in [6.07, 6.45) is -0.291. The van der Waals surface area contributed by atoms with E-state index < -0.39 is 76.4 Å². The molecule has 3 N–H and O–H groups in total. The Morgan fingerprint density at radius 1 is 0.496 bits per heavy atom. The van der Waals surface area contributed by atoms with Crippen molar-refractivity contribution in [1.29, 1.82) is 0 Å². The van der Waals surface area contributed by atoms with Gasteiger partial charge in [-0.15, -0.1) is 0 Å². The number of ketones is 1. The minimum atomic E-state index is -2.42. The number of carbonyl (C=O) groups excluding carboxylic acids is 9. The van der Waals surface area contributed by atoms with E-state index in [4.69, 9.17) is 43.2 Å². The van der Waals surface area contributed by atoms with Crippen LogP contribution in [0.5, 0.6) is 0 Å². The minimum absolute atomic E-state index is 0.0841. The maximum absolute atomic E-state index is 13.0. The number of alkyl halides is 4. The van der Waals surface area contributed by atoms with Crippen LogP contribution in [-0.2, 0) is 80.5 Å². The highest BCUT2D eigenvalue weighted by atomic mass is 79.9. The van der Waals surface area contributed by atoms with Crippen LogP contribution >= 0.6 is 63.7 Å². The molecule has 6 fully saturated rings. The van der Waals surface area contributed by atoms with Crippen LogP contribution in [0.4, 0.5) is 41.5 Å². The van der Waals surface area contributed by atoms with Crippen molar-refractivity contribution in [2.45, 2.75) is 212 Å². The van der Waals surface area contributed by atoms with Gasteiger partial charge in [-0.05, 0) is 217 Å². The number of halogens is 8. The third-order valence-electron chi connectivity index (χ3n) is 20.4. The Kier molecular flexibility index (Phi) is 38.4. The summed E-state index contributed by atoms with van der Waals surface area (Å²) in [5.41, 5.74) is 4.93. The number of esters is 2. The highest BCUT2D eigenvalue weighted by molar-refractivity contribution is 9.11. The molecule has 702 valence electrons. The van der Waals surface area contributed by atoms with E-state index in [2.05, 4.69) is 79.0 Å². The molecule has 7 aliphatic rings. The number of ether oxygens (including phenoxy) is 7. The molecule has 7 aliphatic heterocycles. The number of aldehydes is 1. The number of nitrogens with one attached hydrogen (secondary N) is 1. The number of fused-ring (bicyclic) bond motifs is 1. The summed E-state index contributed by atoms with van der Waals surface area (Å²) in [7, 11) is -1.38. The van der Waals surface area contributed by atoms with Crippen LogP contribution in [-0.4, -0.2) is 240 Å². The van der Waals surface area contributed by atoms with Crippen LogP contribution in [0.15, 0.2) is 168 Å². The fourth-order valence-corrected chi connectivity index (χ4v) is 16.0. The smallest absolute Gasteiger partial charge is 0.466 e. The summed E-state index contributed by atoms with van der Waals surface area (Å²) in [4.78, 5) is 120. The lowest BCUT2D eigenvalue weighted by atomic mass is 9.71. The number of pyridine rings is 1. The number of rotatable bonds is 17. The zero-order valence-corrected chi connectivity index (χ0v) is 82.5. The zero-order valence-electron chi connectivity index (χ0n) is 76.2. The van der Waals surface area contributed by atoms with E-state index in [0.29, 0.717) is 84.0 Å². The number of carbonyl (C=O) groups is 9. The van der Waals surface area contributed by atoms with E-state index in [1.807, 2.05) is 178 Å². The fraction of sp³-hybridized carbons (Fsp3) is 0.500.